The van der Waals surface area contributed by atoms with Crippen molar-refractivity contribution < 1.29 is 19.4 Å². The molecule has 1 saturated heterocycles. The number of ether oxygens (including phenoxy) is 1. The molecule has 2 aromatic rings. The van der Waals surface area contributed by atoms with Crippen LogP contribution >= 0.6 is 11.3 Å². The normalized spacial score (nSPS) is 17.9. The summed E-state index contributed by atoms with van der Waals surface area (Å²) >= 11 is 1.45. The van der Waals surface area contributed by atoms with Gasteiger partial charge in [0.2, 0.25) is 0 Å². The average molecular weight is 319 g/mol. The summed E-state index contributed by atoms with van der Waals surface area (Å²) < 4.78 is 6.27. The van der Waals surface area contributed by atoms with Crippen LogP contribution in [-0.2, 0) is 4.79 Å². The van der Waals surface area contributed by atoms with Crippen molar-refractivity contribution in [2.24, 2.45) is 5.92 Å². The Morgan fingerprint density at radius 1 is 1.41 bits per heavy atom. The fraction of sp³-hybridized carbons (Fsp3) is 0.375. The number of aliphatic carboxylic acids is 1. The highest BCUT2D eigenvalue weighted by atomic mass is 32.1. The second-order valence-electron chi connectivity index (χ2n) is 5.49. The molecule has 1 aliphatic heterocycles. The maximum absolute atomic E-state index is 12.7. The number of methoxy groups -OCH3 is 1. The number of rotatable bonds is 3. The van der Waals surface area contributed by atoms with Gasteiger partial charge in [0.15, 0.2) is 0 Å². The number of carboxylic acids is 1. The number of carbonyl (C=O) groups is 2. The zero-order valence-electron chi connectivity index (χ0n) is 12.5. The van der Waals surface area contributed by atoms with Crippen LogP contribution in [0, 0.1) is 12.8 Å². The van der Waals surface area contributed by atoms with E-state index in [1.165, 1.54) is 11.3 Å². The Morgan fingerprint density at radius 2 is 2.18 bits per heavy atom. The lowest BCUT2D eigenvalue weighted by atomic mass is 10.1. The molecule has 1 aliphatic rings. The van der Waals surface area contributed by atoms with Crippen molar-refractivity contribution in [3.63, 3.8) is 0 Å². The van der Waals surface area contributed by atoms with Crippen molar-refractivity contribution in [1.29, 1.82) is 0 Å². The average Bonchev–Trinajstić information content (AvgIpc) is 3.12. The van der Waals surface area contributed by atoms with Crippen LogP contribution in [0.2, 0.25) is 0 Å². The Balaban J connectivity index is 1.91. The summed E-state index contributed by atoms with van der Waals surface area (Å²) in [7, 11) is 1.62. The number of amides is 1. The molecule has 0 unspecified atom stereocenters. The summed E-state index contributed by atoms with van der Waals surface area (Å²) in [4.78, 5) is 26.0. The zero-order chi connectivity index (χ0) is 15.9. The van der Waals surface area contributed by atoms with Crippen molar-refractivity contribution in [3.05, 3.63) is 28.6 Å². The minimum atomic E-state index is -0.826. The van der Waals surface area contributed by atoms with Crippen LogP contribution < -0.4 is 4.74 Å². The highest BCUT2D eigenvalue weighted by Gasteiger charge is 2.32. The summed E-state index contributed by atoms with van der Waals surface area (Å²) in [6, 6.07) is 5.76. The summed E-state index contributed by atoms with van der Waals surface area (Å²) in [6.45, 7) is 2.73. The van der Waals surface area contributed by atoms with Crippen molar-refractivity contribution >= 4 is 33.3 Å². The van der Waals surface area contributed by atoms with Gasteiger partial charge in [0, 0.05) is 17.8 Å². The van der Waals surface area contributed by atoms with E-state index in [0.717, 1.165) is 21.4 Å². The summed E-state index contributed by atoms with van der Waals surface area (Å²) in [5.74, 6) is -0.576. The quantitative estimate of drug-likeness (QED) is 0.944. The maximum atomic E-state index is 12.7. The number of hydrogen-bond acceptors (Lipinski definition) is 4. The second-order valence-corrected chi connectivity index (χ2v) is 6.55. The maximum Gasteiger partial charge on any atom is 0.308 e. The fourth-order valence-corrected chi connectivity index (χ4v) is 3.98. The molecule has 0 saturated carbocycles. The van der Waals surface area contributed by atoms with Gasteiger partial charge in [-0.3, -0.25) is 9.59 Å². The highest BCUT2D eigenvalue weighted by Crippen LogP contribution is 2.34. The molecule has 0 bridgehead atoms. The number of aryl methyl sites for hydroxylation is 1. The van der Waals surface area contributed by atoms with Gasteiger partial charge in [-0.05, 0) is 42.5 Å². The van der Waals surface area contributed by atoms with E-state index in [1.54, 1.807) is 12.0 Å². The van der Waals surface area contributed by atoms with Gasteiger partial charge in [-0.15, -0.1) is 11.3 Å². The monoisotopic (exact) mass is 319 g/mol. The zero-order valence-corrected chi connectivity index (χ0v) is 13.3. The van der Waals surface area contributed by atoms with Crippen molar-refractivity contribution in [2.45, 2.75) is 13.3 Å². The molecule has 6 heteroatoms. The predicted octanol–water partition coefficient (Wildman–Crippen LogP) is 2.77. The Bertz CT molecular complexity index is 752. The van der Waals surface area contributed by atoms with Crippen molar-refractivity contribution in [1.82, 2.24) is 4.90 Å². The van der Waals surface area contributed by atoms with Crippen LogP contribution in [0.5, 0.6) is 5.75 Å². The third-order valence-electron chi connectivity index (χ3n) is 4.16. The molecule has 1 aromatic carbocycles. The number of nitrogens with zero attached hydrogens (tertiary/aromatic N) is 1. The lowest BCUT2D eigenvalue weighted by Crippen LogP contribution is -2.29. The largest absolute Gasteiger partial charge is 0.497 e. The number of likely N-dealkylation sites (tertiary alicyclic amines) is 1. The first-order chi connectivity index (χ1) is 10.5. The lowest BCUT2D eigenvalue weighted by Gasteiger charge is -2.15. The standard InChI is InChI=1S/C16H17NO4S/c1-9-12-7-11(21-2)3-4-13(12)22-14(9)15(18)17-6-5-10(8-17)16(19)20/h3-4,7,10H,5-6,8H2,1-2H3,(H,19,20)/t10-/m1/s1. The number of carbonyl (C=O) groups excluding carboxylic acids is 1. The molecule has 1 N–H and O–H groups in total. The topological polar surface area (TPSA) is 66.8 Å². The van der Waals surface area contributed by atoms with Gasteiger partial charge in [-0.25, -0.2) is 0 Å². The lowest BCUT2D eigenvalue weighted by molar-refractivity contribution is -0.141. The molecule has 2 heterocycles. The van der Waals surface area contributed by atoms with Crippen LogP contribution in [0.1, 0.15) is 21.7 Å². The molecule has 116 valence electrons. The second kappa shape index (κ2) is 5.61. The van der Waals surface area contributed by atoms with Gasteiger partial charge in [-0.1, -0.05) is 0 Å². The Hall–Kier alpha value is -2.08. The first-order valence-corrected chi connectivity index (χ1v) is 7.92. The van der Waals surface area contributed by atoms with E-state index in [2.05, 4.69) is 0 Å². The van der Waals surface area contributed by atoms with Crippen LogP contribution in [0.4, 0.5) is 0 Å². The number of hydrogen-bond donors (Lipinski definition) is 1. The molecular formula is C16H17NO4S. The van der Waals surface area contributed by atoms with E-state index in [4.69, 9.17) is 9.84 Å². The Morgan fingerprint density at radius 3 is 2.82 bits per heavy atom. The van der Waals surface area contributed by atoms with E-state index in [-0.39, 0.29) is 5.91 Å². The van der Waals surface area contributed by atoms with Crippen LogP contribution in [-0.4, -0.2) is 42.1 Å². The van der Waals surface area contributed by atoms with Gasteiger partial charge in [0.1, 0.15) is 5.75 Å². The minimum absolute atomic E-state index is 0.0681. The molecular weight excluding hydrogens is 302 g/mol. The van der Waals surface area contributed by atoms with Gasteiger partial charge in [0.25, 0.3) is 5.91 Å². The van der Waals surface area contributed by atoms with Gasteiger partial charge < -0.3 is 14.7 Å². The molecule has 5 nitrogen and oxygen atoms in total. The van der Waals surface area contributed by atoms with Gasteiger partial charge in [-0.2, -0.15) is 0 Å². The van der Waals surface area contributed by atoms with Crippen molar-refractivity contribution in [2.75, 3.05) is 20.2 Å². The van der Waals surface area contributed by atoms with E-state index < -0.39 is 11.9 Å². The van der Waals surface area contributed by atoms with Crippen LogP contribution in [0.3, 0.4) is 0 Å². The third-order valence-corrected chi connectivity index (χ3v) is 5.42. The van der Waals surface area contributed by atoms with Crippen LogP contribution in [0.15, 0.2) is 18.2 Å². The van der Waals surface area contributed by atoms with Gasteiger partial charge in [0.05, 0.1) is 17.9 Å². The summed E-state index contributed by atoms with van der Waals surface area (Å²) in [5, 5.41) is 10.1. The van der Waals surface area contributed by atoms with E-state index in [9.17, 15) is 9.59 Å². The number of fused-ring (bicyclic) bond motifs is 1. The van der Waals surface area contributed by atoms with E-state index in [1.807, 2.05) is 25.1 Å². The predicted molar refractivity (Wildman–Crippen MR) is 84.8 cm³/mol. The number of carboxylic acid groups (broad SMARTS) is 1. The molecule has 3 rings (SSSR count). The Kier molecular flexibility index (Phi) is 3.78. The summed E-state index contributed by atoms with van der Waals surface area (Å²) in [6.07, 6.45) is 0.527. The molecule has 0 spiro atoms. The smallest absolute Gasteiger partial charge is 0.308 e. The molecule has 0 radical (unpaired) electrons. The SMILES string of the molecule is COc1ccc2sc(C(=O)N3CC[C@@H](C(=O)O)C3)c(C)c2c1. The molecule has 1 amide bonds. The number of thiophene rings is 1. The summed E-state index contributed by atoms with van der Waals surface area (Å²) in [5.41, 5.74) is 0.933. The van der Waals surface area contributed by atoms with Gasteiger partial charge >= 0.3 is 5.97 Å². The first kappa shape index (κ1) is 14.8. The fourth-order valence-electron chi connectivity index (χ4n) is 2.82. The molecule has 22 heavy (non-hydrogen) atoms. The van der Waals surface area contributed by atoms with Crippen molar-refractivity contribution in [3.8, 4) is 5.75 Å². The van der Waals surface area contributed by atoms with E-state index >= 15 is 0 Å². The first-order valence-electron chi connectivity index (χ1n) is 7.10. The van der Waals surface area contributed by atoms with E-state index in [0.29, 0.717) is 24.4 Å². The third kappa shape index (κ3) is 2.43. The molecule has 1 aromatic heterocycles. The number of benzene rings is 1. The highest BCUT2D eigenvalue weighted by molar-refractivity contribution is 7.21. The van der Waals surface area contributed by atoms with Crippen LogP contribution in [0.25, 0.3) is 10.1 Å². The molecule has 1 atom stereocenters. The molecule has 1 fully saturated rings. The Labute approximate surface area is 132 Å². The molecule has 0 aliphatic carbocycles. The minimum Gasteiger partial charge on any atom is -0.497 e.